The van der Waals surface area contributed by atoms with E-state index in [1.807, 2.05) is 29.8 Å². The molecule has 2 bridgehead atoms. The summed E-state index contributed by atoms with van der Waals surface area (Å²) in [5.74, 6) is 2.08. The molecule has 1 aromatic carbocycles. The van der Waals surface area contributed by atoms with Crippen molar-refractivity contribution < 1.29 is 4.79 Å². The van der Waals surface area contributed by atoms with Crippen LogP contribution in [0.25, 0.3) is 11.0 Å². The number of halogens is 1. The van der Waals surface area contributed by atoms with Gasteiger partial charge in [-0.1, -0.05) is 17.7 Å². The van der Waals surface area contributed by atoms with Gasteiger partial charge >= 0.3 is 0 Å². The highest BCUT2D eigenvalue weighted by molar-refractivity contribution is 6.35. The first-order chi connectivity index (χ1) is 11.0. The molecule has 3 N–H and O–H groups in total. The summed E-state index contributed by atoms with van der Waals surface area (Å²) in [4.78, 5) is 17.1. The Balaban J connectivity index is 1.46. The Bertz CT molecular complexity index is 769. The van der Waals surface area contributed by atoms with Crippen LogP contribution in [0.1, 0.15) is 25.1 Å². The standard InChI is InChI=1S/C17H21ClN4O/c1-22-15(21-14-4-2-3-12(18)16(14)22)8-20-17(23)11-6-10-5-9(11)7-13(10)19/h2-4,9-11,13H,5-8,19H2,1H3,(H,20,23)/t9-,10-,11-,13-/m1/s1. The Labute approximate surface area is 140 Å². The maximum atomic E-state index is 12.5. The molecule has 0 aliphatic heterocycles. The molecular weight excluding hydrogens is 312 g/mol. The minimum Gasteiger partial charge on any atom is -0.349 e. The molecule has 4 atom stereocenters. The van der Waals surface area contributed by atoms with Gasteiger partial charge in [0.1, 0.15) is 5.82 Å². The van der Waals surface area contributed by atoms with Crippen molar-refractivity contribution in [2.45, 2.75) is 31.8 Å². The maximum Gasteiger partial charge on any atom is 0.223 e. The first kappa shape index (κ1) is 15.0. The van der Waals surface area contributed by atoms with Gasteiger partial charge in [-0.05, 0) is 43.2 Å². The number of rotatable bonds is 3. The molecule has 0 spiro atoms. The Kier molecular flexibility index (Phi) is 3.58. The van der Waals surface area contributed by atoms with E-state index in [0.29, 0.717) is 29.4 Å². The van der Waals surface area contributed by atoms with Crippen LogP contribution in [0.3, 0.4) is 0 Å². The van der Waals surface area contributed by atoms with Gasteiger partial charge in [-0.2, -0.15) is 0 Å². The topological polar surface area (TPSA) is 72.9 Å². The summed E-state index contributed by atoms with van der Waals surface area (Å²) in [7, 11) is 1.93. The van der Waals surface area contributed by atoms with E-state index < -0.39 is 0 Å². The van der Waals surface area contributed by atoms with Crippen molar-refractivity contribution in [2.75, 3.05) is 0 Å². The first-order valence-corrected chi connectivity index (χ1v) is 8.55. The number of fused-ring (bicyclic) bond motifs is 3. The summed E-state index contributed by atoms with van der Waals surface area (Å²) >= 11 is 6.24. The van der Waals surface area contributed by atoms with Crippen molar-refractivity contribution in [3.63, 3.8) is 0 Å². The molecule has 2 aliphatic rings. The van der Waals surface area contributed by atoms with Gasteiger partial charge in [-0.3, -0.25) is 4.79 Å². The SMILES string of the molecule is Cn1c(CNC(=O)[C@@H]2C[C@H]3C[C@@H]2C[C@H]3N)nc2cccc(Cl)c21. The zero-order valence-electron chi connectivity index (χ0n) is 13.1. The molecule has 1 aromatic heterocycles. The number of hydrogen-bond donors (Lipinski definition) is 2. The van der Waals surface area contributed by atoms with Crippen molar-refractivity contribution in [1.29, 1.82) is 0 Å². The Hall–Kier alpha value is -1.59. The molecule has 5 nitrogen and oxygen atoms in total. The van der Waals surface area contributed by atoms with Crippen LogP contribution in [0.15, 0.2) is 18.2 Å². The Morgan fingerprint density at radius 2 is 2.22 bits per heavy atom. The molecule has 4 rings (SSSR count). The molecule has 6 heteroatoms. The minimum atomic E-state index is 0.123. The molecule has 2 aromatic rings. The molecule has 2 saturated carbocycles. The predicted octanol–water partition coefficient (Wildman–Crippen LogP) is 2.22. The largest absolute Gasteiger partial charge is 0.349 e. The normalized spacial score (nSPS) is 29.3. The van der Waals surface area contributed by atoms with E-state index in [1.54, 1.807) is 0 Å². The summed E-state index contributed by atoms with van der Waals surface area (Å²) in [6.45, 7) is 0.431. The molecule has 1 amide bonds. The third-order valence-electron chi connectivity index (χ3n) is 5.61. The summed E-state index contributed by atoms with van der Waals surface area (Å²) in [6, 6.07) is 5.97. The lowest BCUT2D eigenvalue weighted by molar-refractivity contribution is -0.126. The van der Waals surface area contributed by atoms with Crippen LogP contribution in [0.4, 0.5) is 0 Å². The number of nitrogens with zero attached hydrogens (tertiary/aromatic N) is 2. The second kappa shape index (κ2) is 5.49. The number of aromatic nitrogens is 2. The van der Waals surface area contributed by atoms with Gasteiger partial charge in [0.2, 0.25) is 5.91 Å². The van der Waals surface area contributed by atoms with E-state index in [4.69, 9.17) is 17.3 Å². The smallest absolute Gasteiger partial charge is 0.223 e. The molecule has 23 heavy (non-hydrogen) atoms. The number of nitrogens with two attached hydrogens (primary N) is 1. The molecular formula is C17H21ClN4O. The van der Waals surface area contributed by atoms with Crippen LogP contribution in [0.5, 0.6) is 0 Å². The minimum absolute atomic E-state index is 0.123. The van der Waals surface area contributed by atoms with Crippen LogP contribution in [0, 0.1) is 17.8 Å². The zero-order chi connectivity index (χ0) is 16.1. The molecule has 1 heterocycles. The summed E-state index contributed by atoms with van der Waals surface area (Å²) in [6.07, 6.45) is 3.04. The van der Waals surface area contributed by atoms with Gasteiger partial charge in [-0.15, -0.1) is 0 Å². The first-order valence-electron chi connectivity index (χ1n) is 8.17. The molecule has 0 radical (unpaired) electrons. The van der Waals surface area contributed by atoms with Gasteiger partial charge < -0.3 is 15.6 Å². The van der Waals surface area contributed by atoms with Crippen molar-refractivity contribution in [2.24, 2.45) is 30.5 Å². The van der Waals surface area contributed by atoms with Crippen LogP contribution < -0.4 is 11.1 Å². The van der Waals surface area contributed by atoms with Crippen LogP contribution >= 0.6 is 11.6 Å². The third kappa shape index (κ3) is 2.42. The quantitative estimate of drug-likeness (QED) is 0.905. The average molecular weight is 333 g/mol. The van der Waals surface area contributed by atoms with Gasteiger partial charge in [0.25, 0.3) is 0 Å². The molecule has 2 fully saturated rings. The fourth-order valence-electron chi connectivity index (χ4n) is 4.37. The van der Waals surface area contributed by atoms with Crippen molar-refractivity contribution in [3.8, 4) is 0 Å². The fourth-order valence-corrected chi connectivity index (χ4v) is 4.66. The fraction of sp³-hybridized carbons (Fsp3) is 0.529. The summed E-state index contributed by atoms with van der Waals surface area (Å²) in [5, 5.41) is 3.73. The number of carbonyl (C=O) groups excluding carboxylic acids is 1. The number of aryl methyl sites for hydroxylation is 1. The van der Waals surface area contributed by atoms with Gasteiger partial charge in [-0.25, -0.2) is 4.98 Å². The van der Waals surface area contributed by atoms with Crippen LogP contribution in [-0.4, -0.2) is 21.5 Å². The molecule has 0 saturated heterocycles. The number of hydrogen-bond acceptors (Lipinski definition) is 3. The second-order valence-corrected chi connectivity index (χ2v) is 7.32. The van der Waals surface area contributed by atoms with Crippen LogP contribution in [0.2, 0.25) is 5.02 Å². The summed E-state index contributed by atoms with van der Waals surface area (Å²) in [5.41, 5.74) is 7.83. The number of nitrogens with one attached hydrogen (secondary N) is 1. The number of amides is 1. The van der Waals surface area contributed by atoms with Crippen LogP contribution in [-0.2, 0) is 18.4 Å². The van der Waals surface area contributed by atoms with E-state index >= 15 is 0 Å². The van der Waals surface area contributed by atoms with Crippen molar-refractivity contribution in [3.05, 3.63) is 29.0 Å². The molecule has 2 aliphatic carbocycles. The maximum absolute atomic E-state index is 12.5. The van der Waals surface area contributed by atoms with Gasteiger partial charge in [0.15, 0.2) is 0 Å². The monoisotopic (exact) mass is 332 g/mol. The Morgan fingerprint density at radius 3 is 2.87 bits per heavy atom. The average Bonchev–Trinajstić information content (AvgIpc) is 3.18. The third-order valence-corrected chi connectivity index (χ3v) is 5.91. The van der Waals surface area contributed by atoms with E-state index in [0.717, 1.165) is 36.1 Å². The number of imidazole rings is 1. The lowest BCUT2D eigenvalue weighted by atomic mass is 9.86. The summed E-state index contributed by atoms with van der Waals surface area (Å²) < 4.78 is 1.95. The lowest BCUT2D eigenvalue weighted by Gasteiger charge is -2.24. The highest BCUT2D eigenvalue weighted by Gasteiger charge is 2.47. The number of para-hydroxylation sites is 1. The van der Waals surface area contributed by atoms with Gasteiger partial charge in [0, 0.05) is 19.0 Å². The Morgan fingerprint density at radius 1 is 1.39 bits per heavy atom. The highest BCUT2D eigenvalue weighted by Crippen LogP contribution is 2.47. The number of carbonyl (C=O) groups is 1. The predicted molar refractivity (Wildman–Crippen MR) is 89.9 cm³/mol. The number of benzene rings is 1. The van der Waals surface area contributed by atoms with E-state index in [9.17, 15) is 4.79 Å². The zero-order valence-corrected chi connectivity index (χ0v) is 13.9. The molecule has 0 unspecified atom stereocenters. The van der Waals surface area contributed by atoms with Gasteiger partial charge in [0.05, 0.1) is 22.6 Å². The van der Waals surface area contributed by atoms with E-state index in [2.05, 4.69) is 10.3 Å². The second-order valence-electron chi connectivity index (χ2n) is 6.91. The highest BCUT2D eigenvalue weighted by atomic mass is 35.5. The lowest BCUT2D eigenvalue weighted by Crippen LogP contribution is -2.38. The van der Waals surface area contributed by atoms with E-state index in [-0.39, 0.29) is 11.8 Å². The van der Waals surface area contributed by atoms with Crippen molar-refractivity contribution >= 4 is 28.5 Å². The van der Waals surface area contributed by atoms with E-state index in [1.165, 1.54) is 0 Å². The molecule has 122 valence electrons. The van der Waals surface area contributed by atoms with Crippen molar-refractivity contribution in [1.82, 2.24) is 14.9 Å².